The Morgan fingerprint density at radius 3 is 2.30 bits per heavy atom. The Balaban J connectivity index is 2.56. The highest BCUT2D eigenvalue weighted by molar-refractivity contribution is 7.98. The van der Waals surface area contributed by atoms with Gasteiger partial charge in [-0.1, -0.05) is 41.2 Å². The molecule has 6 heteroatoms. The highest BCUT2D eigenvalue weighted by Gasteiger charge is 2.25. The van der Waals surface area contributed by atoms with Gasteiger partial charge in [0.25, 0.3) is 0 Å². The number of carbonyl (C=O) groups is 1. The summed E-state index contributed by atoms with van der Waals surface area (Å²) in [5.41, 5.74) is 5.59. The van der Waals surface area contributed by atoms with Crippen LogP contribution in [0.1, 0.15) is 62.4 Å². The summed E-state index contributed by atoms with van der Waals surface area (Å²) in [6.45, 7) is 14.3. The third kappa shape index (κ3) is 6.47. The number of esters is 1. The van der Waals surface area contributed by atoms with E-state index < -0.39 is 11.9 Å². The van der Waals surface area contributed by atoms with E-state index in [9.17, 15) is 4.79 Å². The van der Waals surface area contributed by atoms with E-state index in [4.69, 9.17) is 16.3 Å². The van der Waals surface area contributed by atoms with E-state index in [1.165, 1.54) is 17.5 Å². The zero-order chi connectivity index (χ0) is 22.6. The Hall–Kier alpha value is -1.56. The summed E-state index contributed by atoms with van der Waals surface area (Å²) in [5, 5.41) is 0.0401. The summed E-state index contributed by atoms with van der Waals surface area (Å²) in [6, 6.07) is 7.08. The lowest BCUT2D eigenvalue weighted by Gasteiger charge is -2.25. The summed E-state index contributed by atoms with van der Waals surface area (Å²) in [4.78, 5) is 12.2. The van der Waals surface area contributed by atoms with Crippen molar-refractivity contribution in [2.24, 2.45) is 0 Å². The minimum Gasteiger partial charge on any atom is -0.466 e. The molecule has 0 aliphatic carbocycles. The summed E-state index contributed by atoms with van der Waals surface area (Å²) in [7, 11) is 0. The van der Waals surface area contributed by atoms with Crippen molar-refractivity contribution in [3.8, 4) is 11.1 Å². The number of aryl methyl sites for hydroxylation is 3. The maximum atomic E-state index is 15.1. The van der Waals surface area contributed by atoms with Gasteiger partial charge in [-0.05, 0) is 82.9 Å². The molecule has 0 heterocycles. The third-order valence-electron chi connectivity index (χ3n) is 4.58. The van der Waals surface area contributed by atoms with Crippen LogP contribution < -0.4 is 4.72 Å². The van der Waals surface area contributed by atoms with Crippen molar-refractivity contribution in [1.29, 1.82) is 0 Å². The summed E-state index contributed by atoms with van der Waals surface area (Å²) in [5.74, 6) is -0.896. The number of nitrogens with one attached hydrogen (secondary N) is 1. The molecular weight excluding hydrogens is 421 g/mol. The average molecular weight is 452 g/mol. The van der Waals surface area contributed by atoms with Gasteiger partial charge in [0.1, 0.15) is 5.82 Å². The molecule has 0 fully saturated rings. The molecule has 0 aromatic heterocycles. The van der Waals surface area contributed by atoms with Gasteiger partial charge in [-0.2, -0.15) is 0 Å². The maximum absolute atomic E-state index is 15.1. The van der Waals surface area contributed by atoms with Gasteiger partial charge < -0.3 is 4.74 Å². The Morgan fingerprint density at radius 1 is 1.17 bits per heavy atom. The van der Waals surface area contributed by atoms with Crippen LogP contribution in [0.3, 0.4) is 0 Å². The van der Waals surface area contributed by atoms with Crippen LogP contribution in [-0.2, 0) is 9.53 Å². The molecular formula is C24H31ClFNO2S. The van der Waals surface area contributed by atoms with Crippen LogP contribution in [0.5, 0.6) is 0 Å². The lowest BCUT2D eigenvalue weighted by atomic mass is 9.91. The van der Waals surface area contributed by atoms with Crippen LogP contribution in [0.2, 0.25) is 5.02 Å². The van der Waals surface area contributed by atoms with Crippen molar-refractivity contribution < 1.29 is 13.9 Å². The highest BCUT2D eigenvalue weighted by Crippen LogP contribution is 2.37. The van der Waals surface area contributed by atoms with Gasteiger partial charge in [-0.15, -0.1) is 0 Å². The molecule has 0 saturated heterocycles. The van der Waals surface area contributed by atoms with Gasteiger partial charge in [-0.25, -0.2) is 4.39 Å². The number of halogens is 2. The molecule has 3 nitrogen and oxygen atoms in total. The van der Waals surface area contributed by atoms with Gasteiger partial charge in [0, 0.05) is 10.3 Å². The van der Waals surface area contributed by atoms with Crippen LogP contribution in [-0.4, -0.2) is 17.3 Å². The van der Waals surface area contributed by atoms with Crippen LogP contribution in [0.4, 0.5) is 4.39 Å². The molecule has 0 spiro atoms. The minimum atomic E-state index is -0.572. The van der Waals surface area contributed by atoms with Crippen molar-refractivity contribution in [3.63, 3.8) is 0 Å². The van der Waals surface area contributed by atoms with E-state index >= 15 is 4.39 Å². The first-order valence-corrected chi connectivity index (χ1v) is 11.3. The van der Waals surface area contributed by atoms with Crippen molar-refractivity contribution in [3.05, 3.63) is 57.4 Å². The van der Waals surface area contributed by atoms with Gasteiger partial charge >= 0.3 is 5.97 Å². The van der Waals surface area contributed by atoms with E-state index in [0.29, 0.717) is 5.56 Å². The molecule has 1 N–H and O–H groups in total. The highest BCUT2D eigenvalue weighted by atomic mass is 35.5. The normalized spacial score (nSPS) is 12.7. The smallest absolute Gasteiger partial charge is 0.307 e. The molecule has 2 aromatic rings. The predicted molar refractivity (Wildman–Crippen MR) is 126 cm³/mol. The third-order valence-corrected chi connectivity index (χ3v) is 5.87. The zero-order valence-electron chi connectivity index (χ0n) is 18.8. The Bertz CT molecular complexity index is 901. The van der Waals surface area contributed by atoms with Crippen molar-refractivity contribution in [2.75, 3.05) is 6.61 Å². The van der Waals surface area contributed by atoms with Gasteiger partial charge in [0.05, 0.1) is 24.1 Å². The van der Waals surface area contributed by atoms with Gasteiger partial charge in [-0.3, -0.25) is 9.52 Å². The fourth-order valence-corrected chi connectivity index (χ4v) is 4.43. The van der Waals surface area contributed by atoms with E-state index in [0.717, 1.165) is 22.3 Å². The fourth-order valence-electron chi connectivity index (χ4n) is 3.49. The summed E-state index contributed by atoms with van der Waals surface area (Å²) in [6.07, 6.45) is 0.0134. The lowest BCUT2D eigenvalue weighted by molar-refractivity contribution is -0.143. The Morgan fingerprint density at radius 2 is 1.77 bits per heavy atom. The van der Waals surface area contributed by atoms with E-state index in [-0.39, 0.29) is 28.8 Å². The molecule has 30 heavy (non-hydrogen) atoms. The number of ether oxygens (including phenoxy) is 1. The number of rotatable bonds is 7. The van der Waals surface area contributed by atoms with Crippen LogP contribution in [0, 0.1) is 26.6 Å². The van der Waals surface area contributed by atoms with Crippen molar-refractivity contribution >= 4 is 29.5 Å². The average Bonchev–Trinajstić information content (AvgIpc) is 2.60. The number of benzene rings is 2. The largest absolute Gasteiger partial charge is 0.466 e. The lowest BCUT2D eigenvalue weighted by Crippen LogP contribution is -2.25. The Kier molecular flexibility index (Phi) is 8.37. The summed E-state index contributed by atoms with van der Waals surface area (Å²) < 4.78 is 23.4. The fraction of sp³-hybridized carbons (Fsp3) is 0.458. The van der Waals surface area contributed by atoms with Crippen LogP contribution in [0.25, 0.3) is 11.1 Å². The monoisotopic (exact) mass is 451 g/mol. The first-order valence-electron chi connectivity index (χ1n) is 10.1. The van der Waals surface area contributed by atoms with Gasteiger partial charge in [0.2, 0.25) is 0 Å². The molecule has 164 valence electrons. The van der Waals surface area contributed by atoms with E-state index in [1.807, 2.05) is 34.6 Å². The second-order valence-corrected chi connectivity index (χ2v) is 10.6. The predicted octanol–water partition coefficient (Wildman–Crippen LogP) is 7.10. The molecule has 0 unspecified atom stereocenters. The second kappa shape index (κ2) is 10.2. The Labute approximate surface area is 188 Å². The number of hydrogen-bond acceptors (Lipinski definition) is 4. The SMILES string of the molecule is CCOC(=O)C[C@H](NSC(C)(C)C)c1cc(-c2c(C)cc(C)cc2C)cc(Cl)c1F. The number of carbonyl (C=O) groups excluding carboxylic acids is 1. The van der Waals surface area contributed by atoms with E-state index in [1.54, 1.807) is 19.1 Å². The molecule has 1 atom stereocenters. The molecule has 2 aromatic carbocycles. The standard InChI is InChI=1S/C24H31ClFNO2S/c1-8-29-21(28)13-20(27-30-24(5,6)7)18-11-17(12-19(25)23(18)26)22-15(3)9-14(2)10-16(22)4/h9-12,20,27H,8,13H2,1-7H3/t20-/m0/s1. The molecule has 0 radical (unpaired) electrons. The molecule has 0 amide bonds. The minimum absolute atomic E-state index is 0.0134. The van der Waals surface area contributed by atoms with Crippen molar-refractivity contribution in [2.45, 2.75) is 65.7 Å². The zero-order valence-corrected chi connectivity index (χ0v) is 20.4. The quantitative estimate of drug-likeness (QED) is 0.359. The molecule has 2 rings (SSSR count). The first-order chi connectivity index (χ1) is 13.9. The van der Waals surface area contributed by atoms with Crippen molar-refractivity contribution in [1.82, 2.24) is 4.72 Å². The topological polar surface area (TPSA) is 38.3 Å². The first kappa shape index (κ1) is 24.7. The van der Waals surface area contributed by atoms with Crippen LogP contribution in [0.15, 0.2) is 24.3 Å². The maximum Gasteiger partial charge on any atom is 0.307 e. The van der Waals surface area contributed by atoms with E-state index in [2.05, 4.69) is 23.8 Å². The molecule has 0 saturated carbocycles. The molecule has 0 aliphatic rings. The second-order valence-electron chi connectivity index (χ2n) is 8.53. The molecule has 0 aliphatic heterocycles. The molecule has 0 bridgehead atoms. The van der Waals surface area contributed by atoms with Gasteiger partial charge in [0.15, 0.2) is 0 Å². The summed E-state index contributed by atoms with van der Waals surface area (Å²) >= 11 is 7.76. The number of hydrogen-bond donors (Lipinski definition) is 1. The van der Waals surface area contributed by atoms with Crippen LogP contribution >= 0.6 is 23.5 Å².